The molecule has 3 heteroatoms. The molecule has 68 valence electrons. The largest absolute Gasteiger partial charge is 0.323 e. The summed E-state index contributed by atoms with van der Waals surface area (Å²) >= 11 is 5.90. The lowest BCUT2D eigenvalue weighted by Crippen LogP contribution is -2.12. The number of terminal acetylenes is 1. The van der Waals surface area contributed by atoms with Gasteiger partial charge in [0, 0.05) is 18.7 Å². The lowest BCUT2D eigenvalue weighted by atomic mass is 10.1. The second-order valence-corrected chi connectivity index (χ2v) is 3.13. The van der Waals surface area contributed by atoms with Crippen molar-refractivity contribution >= 4 is 11.6 Å². The van der Waals surface area contributed by atoms with E-state index in [1.165, 1.54) is 0 Å². The Morgan fingerprint density at radius 2 is 2.46 bits per heavy atom. The van der Waals surface area contributed by atoms with Gasteiger partial charge in [0.05, 0.1) is 10.7 Å². The zero-order chi connectivity index (χ0) is 9.68. The first-order chi connectivity index (χ1) is 6.25. The molecule has 1 unspecified atom stereocenters. The number of nitrogens with two attached hydrogens (primary N) is 1. The van der Waals surface area contributed by atoms with Gasteiger partial charge in [0.1, 0.15) is 0 Å². The smallest absolute Gasteiger partial charge is 0.0757 e. The summed E-state index contributed by atoms with van der Waals surface area (Å²) < 4.78 is 0. The van der Waals surface area contributed by atoms with Gasteiger partial charge in [-0.1, -0.05) is 11.6 Å². The van der Waals surface area contributed by atoms with E-state index in [-0.39, 0.29) is 6.04 Å². The van der Waals surface area contributed by atoms with Gasteiger partial charge in [0.2, 0.25) is 0 Å². The summed E-state index contributed by atoms with van der Waals surface area (Å²) in [5, 5.41) is 0.604. The minimum Gasteiger partial charge on any atom is -0.323 e. The molecule has 1 atom stereocenters. The Kier molecular flexibility index (Phi) is 3.75. The maximum Gasteiger partial charge on any atom is 0.0757 e. The molecule has 0 spiro atoms. The van der Waals surface area contributed by atoms with Gasteiger partial charge in [-0.05, 0) is 18.6 Å². The Bertz CT molecular complexity index is 317. The van der Waals surface area contributed by atoms with Crippen LogP contribution in [0.25, 0.3) is 0 Å². The molecule has 1 aromatic rings. The Labute approximate surface area is 83.1 Å². The molecule has 2 nitrogen and oxygen atoms in total. The van der Waals surface area contributed by atoms with Crippen molar-refractivity contribution in [3.63, 3.8) is 0 Å². The summed E-state index contributed by atoms with van der Waals surface area (Å²) in [6.45, 7) is 0. The van der Waals surface area contributed by atoms with Crippen molar-refractivity contribution in [2.45, 2.75) is 18.9 Å². The van der Waals surface area contributed by atoms with Crippen LogP contribution in [0.2, 0.25) is 5.02 Å². The van der Waals surface area contributed by atoms with Gasteiger partial charge in [-0.2, -0.15) is 0 Å². The van der Waals surface area contributed by atoms with Crippen molar-refractivity contribution in [3.8, 4) is 12.3 Å². The van der Waals surface area contributed by atoms with Gasteiger partial charge in [-0.25, -0.2) is 0 Å². The maximum atomic E-state index is 5.90. The van der Waals surface area contributed by atoms with Crippen molar-refractivity contribution in [1.82, 2.24) is 4.98 Å². The van der Waals surface area contributed by atoms with E-state index in [1.807, 2.05) is 0 Å². The zero-order valence-electron chi connectivity index (χ0n) is 7.20. The minimum absolute atomic E-state index is 0.162. The molecule has 0 aliphatic heterocycles. The van der Waals surface area contributed by atoms with Crippen LogP contribution in [0.3, 0.4) is 0 Å². The summed E-state index contributed by atoms with van der Waals surface area (Å²) in [6.07, 6.45) is 8.17. The fourth-order valence-corrected chi connectivity index (χ4v) is 1.31. The van der Waals surface area contributed by atoms with Crippen LogP contribution in [0.4, 0.5) is 0 Å². The average Bonchev–Trinajstić information content (AvgIpc) is 2.15. The third-order valence-electron chi connectivity index (χ3n) is 1.74. The minimum atomic E-state index is -0.162. The maximum absolute atomic E-state index is 5.90. The SMILES string of the molecule is C#CCCC(N)c1ncccc1Cl. The number of pyridine rings is 1. The lowest BCUT2D eigenvalue weighted by Gasteiger charge is -2.09. The van der Waals surface area contributed by atoms with Crippen LogP contribution in [0, 0.1) is 12.3 Å². The van der Waals surface area contributed by atoms with E-state index in [2.05, 4.69) is 10.9 Å². The molecule has 1 heterocycles. The Balaban J connectivity index is 2.72. The predicted octanol–water partition coefficient (Wildman–Crippen LogP) is 2.15. The molecule has 0 aliphatic carbocycles. The molecule has 1 aromatic heterocycles. The van der Waals surface area contributed by atoms with Gasteiger partial charge in [0.25, 0.3) is 0 Å². The van der Waals surface area contributed by atoms with Crippen LogP contribution < -0.4 is 5.73 Å². The highest BCUT2D eigenvalue weighted by Gasteiger charge is 2.09. The second kappa shape index (κ2) is 4.86. The van der Waals surface area contributed by atoms with Crippen molar-refractivity contribution in [2.24, 2.45) is 5.73 Å². The number of hydrogen-bond acceptors (Lipinski definition) is 2. The van der Waals surface area contributed by atoms with Gasteiger partial charge in [-0.3, -0.25) is 4.98 Å². The van der Waals surface area contributed by atoms with Gasteiger partial charge < -0.3 is 5.73 Å². The van der Waals surface area contributed by atoms with Crippen LogP contribution in [0.15, 0.2) is 18.3 Å². The van der Waals surface area contributed by atoms with Gasteiger partial charge in [0.15, 0.2) is 0 Å². The van der Waals surface area contributed by atoms with E-state index < -0.39 is 0 Å². The van der Waals surface area contributed by atoms with Crippen molar-refractivity contribution in [2.75, 3.05) is 0 Å². The number of rotatable bonds is 3. The molecule has 0 saturated heterocycles. The van der Waals surface area contributed by atoms with E-state index in [4.69, 9.17) is 23.8 Å². The quantitative estimate of drug-likeness (QED) is 0.749. The molecule has 0 radical (unpaired) electrons. The van der Waals surface area contributed by atoms with Crippen molar-refractivity contribution < 1.29 is 0 Å². The standard InChI is InChI=1S/C10H11ClN2/c1-2-3-6-9(12)10-8(11)5-4-7-13-10/h1,4-5,7,9H,3,6,12H2. The highest BCUT2D eigenvalue weighted by Crippen LogP contribution is 2.21. The molecule has 0 bridgehead atoms. The summed E-state index contributed by atoms with van der Waals surface area (Å²) in [4.78, 5) is 4.11. The Morgan fingerprint density at radius 3 is 3.08 bits per heavy atom. The Hall–Kier alpha value is -1.04. The molecule has 2 N–H and O–H groups in total. The summed E-state index contributed by atoms with van der Waals surface area (Å²) in [5.41, 5.74) is 6.56. The van der Waals surface area contributed by atoms with Crippen LogP contribution in [-0.2, 0) is 0 Å². The molecular formula is C10H11ClN2. The third kappa shape index (κ3) is 2.73. The van der Waals surface area contributed by atoms with Gasteiger partial charge >= 0.3 is 0 Å². The lowest BCUT2D eigenvalue weighted by molar-refractivity contribution is 0.648. The molecule has 1 rings (SSSR count). The van der Waals surface area contributed by atoms with Crippen LogP contribution in [0.5, 0.6) is 0 Å². The molecule has 0 fully saturated rings. The highest BCUT2D eigenvalue weighted by molar-refractivity contribution is 6.31. The number of hydrogen-bond donors (Lipinski definition) is 1. The third-order valence-corrected chi connectivity index (χ3v) is 2.06. The number of halogens is 1. The zero-order valence-corrected chi connectivity index (χ0v) is 7.96. The molecule has 0 saturated carbocycles. The van der Waals surface area contributed by atoms with Crippen LogP contribution in [-0.4, -0.2) is 4.98 Å². The molecule has 0 aliphatic rings. The molecule has 0 amide bonds. The average molecular weight is 195 g/mol. The van der Waals surface area contributed by atoms with E-state index in [1.54, 1.807) is 18.3 Å². The van der Waals surface area contributed by atoms with Crippen LogP contribution >= 0.6 is 11.6 Å². The number of aromatic nitrogens is 1. The topological polar surface area (TPSA) is 38.9 Å². The fraction of sp³-hybridized carbons (Fsp3) is 0.300. The second-order valence-electron chi connectivity index (χ2n) is 2.72. The van der Waals surface area contributed by atoms with E-state index in [0.29, 0.717) is 17.9 Å². The monoisotopic (exact) mass is 194 g/mol. The molecular weight excluding hydrogens is 184 g/mol. The van der Waals surface area contributed by atoms with E-state index in [9.17, 15) is 0 Å². The van der Waals surface area contributed by atoms with E-state index >= 15 is 0 Å². The predicted molar refractivity (Wildman–Crippen MR) is 54.2 cm³/mol. The first-order valence-electron chi connectivity index (χ1n) is 4.05. The first-order valence-corrected chi connectivity index (χ1v) is 4.43. The van der Waals surface area contributed by atoms with E-state index in [0.717, 1.165) is 5.69 Å². The van der Waals surface area contributed by atoms with Crippen molar-refractivity contribution in [3.05, 3.63) is 29.0 Å². The number of nitrogens with zero attached hydrogens (tertiary/aromatic N) is 1. The van der Waals surface area contributed by atoms with Crippen molar-refractivity contribution in [1.29, 1.82) is 0 Å². The Morgan fingerprint density at radius 1 is 1.69 bits per heavy atom. The summed E-state index contributed by atoms with van der Waals surface area (Å²) in [5.74, 6) is 2.54. The highest BCUT2D eigenvalue weighted by atomic mass is 35.5. The summed E-state index contributed by atoms with van der Waals surface area (Å²) in [7, 11) is 0. The van der Waals surface area contributed by atoms with Crippen LogP contribution in [0.1, 0.15) is 24.6 Å². The summed E-state index contributed by atoms with van der Waals surface area (Å²) in [6, 6.07) is 3.39. The normalized spacial score (nSPS) is 12.1. The first kappa shape index (κ1) is 10.0. The van der Waals surface area contributed by atoms with Gasteiger partial charge in [-0.15, -0.1) is 12.3 Å². The molecule has 13 heavy (non-hydrogen) atoms. The molecule has 0 aromatic carbocycles. The fourth-order valence-electron chi connectivity index (χ4n) is 1.05.